The van der Waals surface area contributed by atoms with Gasteiger partial charge < -0.3 is 20.1 Å². The van der Waals surface area contributed by atoms with Crippen molar-refractivity contribution in [1.82, 2.24) is 0 Å². The van der Waals surface area contributed by atoms with Crippen molar-refractivity contribution in [1.29, 1.82) is 0 Å². The maximum Gasteiger partial charge on any atom is 0.255 e. The Balaban J connectivity index is 2.37. The third-order valence-corrected chi connectivity index (χ3v) is 4.27. The Kier molecular flexibility index (Phi) is 6.27. The summed E-state index contributed by atoms with van der Waals surface area (Å²) >= 11 is 9.34. The van der Waals surface area contributed by atoms with E-state index in [9.17, 15) is 9.59 Å². The number of hydrogen-bond donors (Lipinski definition) is 2. The van der Waals surface area contributed by atoms with Gasteiger partial charge in [-0.2, -0.15) is 0 Å². The molecule has 0 atom stereocenters. The summed E-state index contributed by atoms with van der Waals surface area (Å²) in [4.78, 5) is 23.9. The molecule has 0 saturated carbocycles. The van der Waals surface area contributed by atoms with Crippen LogP contribution in [0.3, 0.4) is 0 Å². The van der Waals surface area contributed by atoms with Gasteiger partial charge in [-0.3, -0.25) is 9.59 Å². The lowest BCUT2D eigenvalue weighted by molar-refractivity contribution is -0.114. The Bertz CT molecular complexity index is 801. The predicted octanol–water partition coefficient (Wildman–Crippen LogP) is 4.33. The first-order valence-electron chi connectivity index (χ1n) is 7.15. The van der Waals surface area contributed by atoms with E-state index in [0.717, 1.165) is 0 Å². The van der Waals surface area contributed by atoms with Crippen LogP contribution in [-0.2, 0) is 4.79 Å². The van der Waals surface area contributed by atoms with Crippen molar-refractivity contribution >= 4 is 50.7 Å². The van der Waals surface area contributed by atoms with E-state index >= 15 is 0 Å². The van der Waals surface area contributed by atoms with E-state index in [0.29, 0.717) is 37.9 Å². The van der Waals surface area contributed by atoms with E-state index in [1.807, 2.05) is 0 Å². The van der Waals surface area contributed by atoms with Crippen LogP contribution in [0.5, 0.6) is 11.5 Å². The number of ether oxygens (including phenoxy) is 2. The monoisotopic (exact) mass is 426 g/mol. The smallest absolute Gasteiger partial charge is 0.255 e. The number of carbonyl (C=O) groups excluding carboxylic acids is 2. The molecule has 132 valence electrons. The second kappa shape index (κ2) is 8.22. The summed E-state index contributed by atoms with van der Waals surface area (Å²) in [5.41, 5.74) is 1.15. The van der Waals surface area contributed by atoms with Crippen molar-refractivity contribution in [2.24, 2.45) is 0 Å². The highest BCUT2D eigenvalue weighted by Gasteiger charge is 2.16. The first kappa shape index (κ1) is 19.1. The van der Waals surface area contributed by atoms with Gasteiger partial charge in [0, 0.05) is 17.5 Å². The predicted molar refractivity (Wildman–Crippen MR) is 101 cm³/mol. The number of halogens is 2. The topological polar surface area (TPSA) is 76.7 Å². The van der Waals surface area contributed by atoms with Crippen LogP contribution < -0.4 is 20.1 Å². The van der Waals surface area contributed by atoms with Gasteiger partial charge in [-0.25, -0.2) is 0 Å². The van der Waals surface area contributed by atoms with E-state index in [1.165, 1.54) is 21.1 Å². The van der Waals surface area contributed by atoms with Crippen LogP contribution >= 0.6 is 27.5 Å². The number of anilines is 2. The van der Waals surface area contributed by atoms with Gasteiger partial charge in [0.05, 0.1) is 25.6 Å². The highest BCUT2D eigenvalue weighted by molar-refractivity contribution is 9.10. The zero-order valence-corrected chi connectivity index (χ0v) is 16.1. The molecule has 0 aliphatic heterocycles. The zero-order chi connectivity index (χ0) is 18.6. The normalized spacial score (nSPS) is 10.1. The molecule has 0 aromatic heterocycles. The van der Waals surface area contributed by atoms with Crippen molar-refractivity contribution in [3.05, 3.63) is 45.4 Å². The summed E-state index contributed by atoms with van der Waals surface area (Å²) in [6, 6.07) is 7.93. The third-order valence-electron chi connectivity index (χ3n) is 3.25. The lowest BCUT2D eigenvalue weighted by Crippen LogP contribution is -2.15. The highest BCUT2D eigenvalue weighted by Crippen LogP contribution is 2.36. The Morgan fingerprint density at radius 2 is 1.60 bits per heavy atom. The summed E-state index contributed by atoms with van der Waals surface area (Å²) in [6.45, 7) is 1.38. The fraction of sp³-hybridized carbons (Fsp3) is 0.176. The summed E-state index contributed by atoms with van der Waals surface area (Å²) in [7, 11) is 2.99. The quantitative estimate of drug-likeness (QED) is 0.744. The summed E-state index contributed by atoms with van der Waals surface area (Å²) < 4.78 is 11.1. The van der Waals surface area contributed by atoms with E-state index in [2.05, 4.69) is 26.6 Å². The summed E-state index contributed by atoms with van der Waals surface area (Å²) in [6.07, 6.45) is 0. The van der Waals surface area contributed by atoms with Crippen LogP contribution in [0.2, 0.25) is 5.02 Å². The van der Waals surface area contributed by atoms with E-state index < -0.39 is 5.91 Å². The fourth-order valence-electron chi connectivity index (χ4n) is 2.11. The lowest BCUT2D eigenvalue weighted by Gasteiger charge is -2.14. The van der Waals surface area contributed by atoms with Crippen molar-refractivity contribution in [3.8, 4) is 11.5 Å². The van der Waals surface area contributed by atoms with Gasteiger partial charge in [0.25, 0.3) is 5.91 Å². The molecule has 0 aliphatic rings. The number of nitrogens with one attached hydrogen (secondary N) is 2. The number of rotatable bonds is 5. The van der Waals surface area contributed by atoms with Gasteiger partial charge >= 0.3 is 0 Å². The zero-order valence-electron chi connectivity index (χ0n) is 13.8. The molecule has 0 spiro atoms. The minimum absolute atomic E-state index is 0.259. The molecule has 0 aliphatic carbocycles. The average molecular weight is 428 g/mol. The van der Waals surface area contributed by atoms with Crippen LogP contribution in [0.15, 0.2) is 34.8 Å². The van der Waals surface area contributed by atoms with Gasteiger partial charge in [-0.15, -0.1) is 0 Å². The van der Waals surface area contributed by atoms with Crippen molar-refractivity contribution in [2.45, 2.75) is 6.92 Å². The summed E-state index contributed by atoms with van der Waals surface area (Å²) in [5.74, 6) is 0.248. The molecule has 0 unspecified atom stereocenters. The molecular weight excluding hydrogens is 412 g/mol. The maximum atomic E-state index is 12.6. The van der Waals surface area contributed by atoms with E-state index in [1.54, 1.807) is 30.3 Å². The second-order valence-electron chi connectivity index (χ2n) is 5.02. The molecule has 0 radical (unpaired) electrons. The number of methoxy groups -OCH3 is 2. The number of carbonyl (C=O) groups is 2. The van der Waals surface area contributed by atoms with Crippen molar-refractivity contribution in [2.75, 3.05) is 24.9 Å². The van der Waals surface area contributed by atoms with Gasteiger partial charge in [0.1, 0.15) is 16.0 Å². The molecule has 0 heterocycles. The Morgan fingerprint density at radius 3 is 2.12 bits per heavy atom. The molecule has 2 aromatic rings. The van der Waals surface area contributed by atoms with Gasteiger partial charge in [-0.05, 0) is 46.3 Å². The van der Waals surface area contributed by atoms with E-state index in [4.69, 9.17) is 21.1 Å². The van der Waals surface area contributed by atoms with Crippen LogP contribution in [0.4, 0.5) is 11.4 Å². The minimum atomic E-state index is -0.405. The summed E-state index contributed by atoms with van der Waals surface area (Å²) in [5, 5.41) is 5.80. The molecule has 0 bridgehead atoms. The van der Waals surface area contributed by atoms with Crippen molar-refractivity contribution in [3.63, 3.8) is 0 Å². The van der Waals surface area contributed by atoms with E-state index in [-0.39, 0.29) is 5.91 Å². The number of hydrogen-bond acceptors (Lipinski definition) is 4. The maximum absolute atomic E-state index is 12.6. The lowest BCUT2D eigenvalue weighted by atomic mass is 10.1. The molecule has 0 fully saturated rings. The third kappa shape index (κ3) is 4.64. The van der Waals surface area contributed by atoms with Crippen LogP contribution in [0, 0.1) is 0 Å². The molecule has 6 nitrogen and oxygen atoms in total. The van der Waals surface area contributed by atoms with Gasteiger partial charge in [-0.1, -0.05) is 11.6 Å². The van der Waals surface area contributed by atoms with Crippen molar-refractivity contribution < 1.29 is 19.1 Å². The molecule has 2 N–H and O–H groups in total. The second-order valence-corrected chi connectivity index (χ2v) is 6.25. The standard InChI is InChI=1S/C17H16BrClN2O4/c1-9(22)20-12-5-4-11(19)8-13(12)21-17(23)10-6-14(24-2)16(18)15(7-10)25-3/h4-8H,1-3H3,(H,20,22)(H,21,23). The Morgan fingerprint density at radius 1 is 1.00 bits per heavy atom. The Labute approximate surface area is 158 Å². The van der Waals surface area contributed by atoms with Gasteiger partial charge in [0.2, 0.25) is 5.91 Å². The molecular formula is C17H16BrClN2O4. The minimum Gasteiger partial charge on any atom is -0.495 e. The average Bonchev–Trinajstić information content (AvgIpc) is 2.57. The van der Waals surface area contributed by atoms with Crippen LogP contribution in [0.1, 0.15) is 17.3 Å². The molecule has 2 aromatic carbocycles. The molecule has 25 heavy (non-hydrogen) atoms. The van der Waals surface area contributed by atoms with Crippen LogP contribution in [-0.4, -0.2) is 26.0 Å². The Hall–Kier alpha value is -2.25. The first-order chi connectivity index (χ1) is 11.8. The first-order valence-corrected chi connectivity index (χ1v) is 8.32. The largest absolute Gasteiger partial charge is 0.495 e. The fourth-order valence-corrected chi connectivity index (χ4v) is 2.84. The molecule has 2 rings (SSSR count). The van der Waals surface area contributed by atoms with Crippen LogP contribution in [0.25, 0.3) is 0 Å². The highest BCUT2D eigenvalue weighted by atomic mass is 79.9. The molecule has 2 amide bonds. The number of benzene rings is 2. The number of amides is 2. The SMILES string of the molecule is COc1cc(C(=O)Nc2cc(Cl)ccc2NC(C)=O)cc(OC)c1Br. The molecule has 0 saturated heterocycles. The van der Waals surface area contributed by atoms with Gasteiger partial charge in [0.15, 0.2) is 0 Å². The molecule has 8 heteroatoms.